The molecule has 2 rings (SSSR count). The van der Waals surface area contributed by atoms with Gasteiger partial charge in [0.2, 0.25) is 11.8 Å². The monoisotopic (exact) mass is 274 g/mol. The molecule has 2 amide bonds. The lowest BCUT2D eigenvalue weighted by atomic mass is 10.1. The summed E-state index contributed by atoms with van der Waals surface area (Å²) in [4.78, 5) is 27.9. The predicted molar refractivity (Wildman–Crippen MR) is 79.5 cm³/mol. The van der Waals surface area contributed by atoms with Crippen molar-refractivity contribution in [1.29, 1.82) is 0 Å². The van der Waals surface area contributed by atoms with Crippen LogP contribution in [-0.2, 0) is 9.59 Å². The molecule has 0 aliphatic carbocycles. The molecule has 1 aromatic carbocycles. The number of rotatable bonds is 3. The molecule has 1 fully saturated rings. The van der Waals surface area contributed by atoms with Crippen LogP contribution in [-0.4, -0.2) is 36.3 Å². The van der Waals surface area contributed by atoms with Gasteiger partial charge in [-0.15, -0.1) is 0 Å². The highest BCUT2D eigenvalue weighted by atomic mass is 16.2. The van der Waals surface area contributed by atoms with Crippen molar-refractivity contribution in [2.24, 2.45) is 5.92 Å². The van der Waals surface area contributed by atoms with Crippen molar-refractivity contribution in [2.75, 3.05) is 18.5 Å². The number of carbonyl (C=O) groups excluding carboxylic acids is 2. The molecule has 4 heteroatoms. The van der Waals surface area contributed by atoms with E-state index in [-0.39, 0.29) is 23.8 Å². The zero-order valence-corrected chi connectivity index (χ0v) is 12.6. The van der Waals surface area contributed by atoms with E-state index in [1.807, 2.05) is 45.0 Å². The lowest BCUT2D eigenvalue weighted by molar-refractivity contribution is -0.135. The van der Waals surface area contributed by atoms with Crippen LogP contribution in [0.25, 0.3) is 0 Å². The molecule has 1 aliphatic heterocycles. The second-order valence-electron chi connectivity index (χ2n) is 5.78. The Morgan fingerprint density at radius 1 is 1.30 bits per heavy atom. The fraction of sp³-hybridized carbons (Fsp3) is 0.500. The van der Waals surface area contributed by atoms with Crippen molar-refractivity contribution in [1.82, 2.24) is 4.90 Å². The molecule has 1 aliphatic rings. The fourth-order valence-corrected chi connectivity index (χ4v) is 2.39. The summed E-state index contributed by atoms with van der Waals surface area (Å²) < 4.78 is 0. The molecule has 0 unspecified atom stereocenters. The molecule has 1 aromatic rings. The minimum Gasteiger partial charge on any atom is -0.343 e. The highest BCUT2D eigenvalue weighted by Gasteiger charge is 2.36. The number of aryl methyl sites for hydroxylation is 1. The molecule has 20 heavy (non-hydrogen) atoms. The molecule has 1 heterocycles. The van der Waals surface area contributed by atoms with Gasteiger partial charge in [-0.3, -0.25) is 9.59 Å². The number of carbonyl (C=O) groups is 2. The second kappa shape index (κ2) is 5.65. The number of amides is 2. The van der Waals surface area contributed by atoms with E-state index < -0.39 is 0 Å². The lowest BCUT2D eigenvalue weighted by Crippen LogP contribution is -2.38. The first-order valence-corrected chi connectivity index (χ1v) is 7.04. The van der Waals surface area contributed by atoms with E-state index in [0.29, 0.717) is 13.0 Å². The maximum Gasteiger partial charge on any atom is 0.227 e. The van der Waals surface area contributed by atoms with Gasteiger partial charge in [-0.05, 0) is 32.9 Å². The van der Waals surface area contributed by atoms with Crippen LogP contribution in [0.2, 0.25) is 0 Å². The first-order valence-electron chi connectivity index (χ1n) is 7.04. The molecule has 0 radical (unpaired) electrons. The third-order valence-electron chi connectivity index (χ3n) is 3.94. The molecular formula is C16H22N2O2. The molecule has 0 N–H and O–H groups in total. The summed E-state index contributed by atoms with van der Waals surface area (Å²) in [6, 6.07) is 8.00. The molecule has 0 aromatic heterocycles. The van der Waals surface area contributed by atoms with E-state index >= 15 is 0 Å². The second-order valence-corrected chi connectivity index (χ2v) is 5.78. The highest BCUT2D eigenvalue weighted by molar-refractivity contribution is 6.00. The maximum absolute atomic E-state index is 12.3. The van der Waals surface area contributed by atoms with E-state index in [0.717, 1.165) is 11.3 Å². The minimum atomic E-state index is -0.226. The average molecular weight is 274 g/mol. The molecular weight excluding hydrogens is 252 g/mol. The fourth-order valence-electron chi connectivity index (χ4n) is 2.39. The summed E-state index contributed by atoms with van der Waals surface area (Å²) in [5.41, 5.74) is 2.04. The smallest absolute Gasteiger partial charge is 0.227 e. The Balaban J connectivity index is 2.11. The zero-order valence-electron chi connectivity index (χ0n) is 12.6. The highest BCUT2D eigenvalue weighted by Crippen LogP contribution is 2.26. The van der Waals surface area contributed by atoms with Crippen molar-refractivity contribution < 1.29 is 9.59 Å². The molecule has 0 spiro atoms. The lowest BCUT2D eigenvalue weighted by Gasteiger charge is -2.24. The van der Waals surface area contributed by atoms with Gasteiger partial charge in [0.05, 0.1) is 5.92 Å². The largest absolute Gasteiger partial charge is 0.343 e. The maximum atomic E-state index is 12.3. The number of hydrogen-bond donors (Lipinski definition) is 0. The van der Waals surface area contributed by atoms with Crippen molar-refractivity contribution in [3.8, 4) is 0 Å². The summed E-state index contributed by atoms with van der Waals surface area (Å²) >= 11 is 0. The quantitative estimate of drug-likeness (QED) is 0.848. The molecule has 0 bridgehead atoms. The zero-order chi connectivity index (χ0) is 14.9. The normalized spacial score (nSPS) is 18.8. The Morgan fingerprint density at radius 3 is 2.45 bits per heavy atom. The van der Waals surface area contributed by atoms with Gasteiger partial charge < -0.3 is 9.80 Å². The van der Waals surface area contributed by atoms with Crippen LogP contribution in [0.3, 0.4) is 0 Å². The number of nitrogens with zero attached hydrogens (tertiary/aromatic N) is 2. The first-order chi connectivity index (χ1) is 9.40. The van der Waals surface area contributed by atoms with Crippen molar-refractivity contribution >= 4 is 17.5 Å². The van der Waals surface area contributed by atoms with Crippen molar-refractivity contribution in [2.45, 2.75) is 33.2 Å². The van der Waals surface area contributed by atoms with E-state index in [9.17, 15) is 9.59 Å². The van der Waals surface area contributed by atoms with Gasteiger partial charge in [0.25, 0.3) is 0 Å². The van der Waals surface area contributed by atoms with Crippen molar-refractivity contribution in [3.63, 3.8) is 0 Å². The SMILES string of the molecule is Cc1ccc(N2C[C@@H](C(=O)N(C)C(C)C)CC2=O)cc1. The summed E-state index contributed by atoms with van der Waals surface area (Å²) in [7, 11) is 1.80. The number of benzene rings is 1. The van der Waals surface area contributed by atoms with Crippen LogP contribution in [0, 0.1) is 12.8 Å². The van der Waals surface area contributed by atoms with E-state index in [2.05, 4.69) is 0 Å². The van der Waals surface area contributed by atoms with Gasteiger partial charge in [-0.1, -0.05) is 17.7 Å². The van der Waals surface area contributed by atoms with Gasteiger partial charge in [0.15, 0.2) is 0 Å². The van der Waals surface area contributed by atoms with Crippen LogP contribution < -0.4 is 4.90 Å². The number of anilines is 1. The Morgan fingerprint density at radius 2 is 1.90 bits per heavy atom. The van der Waals surface area contributed by atoms with Gasteiger partial charge in [-0.2, -0.15) is 0 Å². The van der Waals surface area contributed by atoms with Crippen LogP contribution in [0.4, 0.5) is 5.69 Å². The van der Waals surface area contributed by atoms with Crippen LogP contribution in [0.5, 0.6) is 0 Å². The third-order valence-corrected chi connectivity index (χ3v) is 3.94. The van der Waals surface area contributed by atoms with Crippen LogP contribution in [0.1, 0.15) is 25.8 Å². The Kier molecular flexibility index (Phi) is 4.12. The molecule has 4 nitrogen and oxygen atoms in total. The molecule has 108 valence electrons. The van der Waals surface area contributed by atoms with E-state index in [4.69, 9.17) is 0 Å². The standard InChI is InChI=1S/C16H22N2O2/c1-11(2)17(4)16(20)13-9-15(19)18(10-13)14-7-5-12(3)6-8-14/h5-8,11,13H,9-10H2,1-4H3/t13-/m0/s1. The number of hydrogen-bond acceptors (Lipinski definition) is 2. The Bertz CT molecular complexity index is 508. The summed E-state index contributed by atoms with van der Waals surface area (Å²) in [6.07, 6.45) is 0.309. The predicted octanol–water partition coefficient (Wildman–Crippen LogP) is 2.21. The summed E-state index contributed by atoms with van der Waals surface area (Å²) in [5.74, 6) is -0.136. The van der Waals surface area contributed by atoms with Gasteiger partial charge >= 0.3 is 0 Å². The van der Waals surface area contributed by atoms with E-state index in [1.165, 1.54) is 0 Å². The van der Waals surface area contributed by atoms with Crippen LogP contribution >= 0.6 is 0 Å². The summed E-state index contributed by atoms with van der Waals surface area (Å²) in [6.45, 7) is 6.45. The van der Waals surface area contributed by atoms with Crippen LogP contribution in [0.15, 0.2) is 24.3 Å². The Labute approximate surface area is 120 Å². The van der Waals surface area contributed by atoms with Crippen molar-refractivity contribution in [3.05, 3.63) is 29.8 Å². The van der Waals surface area contributed by atoms with Gasteiger partial charge in [0, 0.05) is 31.7 Å². The minimum absolute atomic E-state index is 0.0318. The first kappa shape index (κ1) is 14.6. The topological polar surface area (TPSA) is 40.6 Å². The van der Waals surface area contributed by atoms with E-state index in [1.54, 1.807) is 16.8 Å². The third kappa shape index (κ3) is 2.84. The average Bonchev–Trinajstić information content (AvgIpc) is 2.80. The van der Waals surface area contributed by atoms with Gasteiger partial charge in [0.1, 0.15) is 0 Å². The molecule has 1 atom stereocenters. The van der Waals surface area contributed by atoms with Gasteiger partial charge in [-0.25, -0.2) is 0 Å². The molecule has 0 saturated carbocycles. The molecule has 1 saturated heterocycles. The summed E-state index contributed by atoms with van der Waals surface area (Å²) in [5, 5.41) is 0. The Hall–Kier alpha value is -1.84.